The van der Waals surface area contributed by atoms with Crippen LogP contribution in [0.4, 0.5) is 0 Å². The van der Waals surface area contributed by atoms with E-state index in [1.165, 1.54) is 28.6 Å². The maximum Gasteiger partial charge on any atom is 0.348 e. The Morgan fingerprint density at radius 3 is 2.54 bits per heavy atom. The number of carbonyl (C=O) groups excluding carboxylic acids is 1. The molecule has 142 valence electrons. The second kappa shape index (κ2) is 6.88. The summed E-state index contributed by atoms with van der Waals surface area (Å²) < 4.78 is 32.1. The summed E-state index contributed by atoms with van der Waals surface area (Å²) in [6, 6.07) is 13.7. The van der Waals surface area contributed by atoms with Crippen molar-refractivity contribution in [3.63, 3.8) is 0 Å². The molecule has 0 unspecified atom stereocenters. The minimum absolute atomic E-state index is 0.201. The molecule has 28 heavy (non-hydrogen) atoms. The van der Waals surface area contributed by atoms with Gasteiger partial charge < -0.3 is 4.74 Å². The zero-order chi connectivity index (χ0) is 19.9. The highest BCUT2D eigenvalue weighted by atomic mass is 32.2. The summed E-state index contributed by atoms with van der Waals surface area (Å²) in [5.41, 5.74) is 2.13. The number of ether oxygens (including phenoxy) is 1. The third kappa shape index (κ3) is 3.00. The van der Waals surface area contributed by atoms with Crippen molar-refractivity contribution >= 4 is 38.4 Å². The van der Waals surface area contributed by atoms with Crippen molar-refractivity contribution in [2.75, 3.05) is 7.11 Å². The first-order chi connectivity index (χ1) is 13.4. The molecule has 0 atom stereocenters. The van der Waals surface area contributed by atoms with Gasteiger partial charge in [0.2, 0.25) is 0 Å². The van der Waals surface area contributed by atoms with Gasteiger partial charge in [0.25, 0.3) is 10.0 Å². The first-order valence-corrected chi connectivity index (χ1v) is 10.6. The average Bonchev–Trinajstić information content (AvgIpc) is 3.35. The van der Waals surface area contributed by atoms with Crippen LogP contribution in [0.1, 0.15) is 15.2 Å². The smallest absolute Gasteiger partial charge is 0.348 e. The van der Waals surface area contributed by atoms with Gasteiger partial charge in [-0.1, -0.05) is 17.7 Å². The van der Waals surface area contributed by atoms with E-state index < -0.39 is 16.0 Å². The zero-order valence-electron chi connectivity index (χ0n) is 15.1. The molecule has 0 bridgehead atoms. The van der Waals surface area contributed by atoms with Crippen LogP contribution in [0.15, 0.2) is 65.8 Å². The van der Waals surface area contributed by atoms with Gasteiger partial charge in [-0.05, 0) is 43.3 Å². The molecule has 0 aliphatic heterocycles. The first-order valence-electron chi connectivity index (χ1n) is 8.38. The van der Waals surface area contributed by atoms with E-state index in [0.717, 1.165) is 16.0 Å². The quantitative estimate of drug-likeness (QED) is 0.472. The average molecular weight is 412 g/mol. The molecule has 0 radical (unpaired) electrons. The number of methoxy groups -OCH3 is 1. The molecule has 3 aromatic heterocycles. The molecule has 0 saturated heterocycles. The van der Waals surface area contributed by atoms with Gasteiger partial charge in [-0.3, -0.25) is 0 Å². The normalized spacial score (nSPS) is 11.6. The lowest BCUT2D eigenvalue weighted by Gasteiger charge is -2.08. The Balaban J connectivity index is 1.84. The molecule has 4 aromatic rings. The summed E-state index contributed by atoms with van der Waals surface area (Å²) >= 11 is 1.29. The van der Waals surface area contributed by atoms with Gasteiger partial charge in [0.1, 0.15) is 4.88 Å². The van der Waals surface area contributed by atoms with E-state index in [4.69, 9.17) is 4.74 Å². The summed E-state index contributed by atoms with van der Waals surface area (Å²) in [6.45, 7) is 1.90. The summed E-state index contributed by atoms with van der Waals surface area (Å²) in [4.78, 5) is 17.5. The molecule has 0 fully saturated rings. The van der Waals surface area contributed by atoms with Gasteiger partial charge in [-0.15, -0.1) is 11.3 Å². The number of benzene rings is 1. The van der Waals surface area contributed by atoms with Crippen molar-refractivity contribution < 1.29 is 17.9 Å². The molecule has 0 amide bonds. The SMILES string of the molecule is COC(=O)c1ccc(-c2ccnc3c2ccn3S(=O)(=O)c2ccc(C)cc2)s1. The van der Waals surface area contributed by atoms with Crippen LogP contribution in [0.5, 0.6) is 0 Å². The van der Waals surface area contributed by atoms with E-state index in [-0.39, 0.29) is 4.90 Å². The van der Waals surface area contributed by atoms with Gasteiger partial charge in [-0.2, -0.15) is 0 Å². The molecule has 0 saturated carbocycles. The third-order valence-corrected chi connectivity index (χ3v) is 7.17. The molecule has 0 N–H and O–H groups in total. The minimum Gasteiger partial charge on any atom is -0.465 e. The maximum absolute atomic E-state index is 13.1. The number of pyridine rings is 1. The molecule has 6 nitrogen and oxygen atoms in total. The van der Waals surface area contributed by atoms with Crippen LogP contribution in [0, 0.1) is 6.92 Å². The van der Waals surface area contributed by atoms with Crippen LogP contribution in [-0.2, 0) is 14.8 Å². The number of esters is 1. The fourth-order valence-electron chi connectivity index (χ4n) is 2.94. The molecule has 0 aliphatic carbocycles. The number of hydrogen-bond donors (Lipinski definition) is 0. The molecule has 0 aliphatic rings. The van der Waals surface area contributed by atoms with Gasteiger partial charge in [0.05, 0.1) is 12.0 Å². The Morgan fingerprint density at radius 2 is 1.82 bits per heavy atom. The first kappa shape index (κ1) is 18.4. The molecule has 1 aromatic carbocycles. The lowest BCUT2D eigenvalue weighted by atomic mass is 10.1. The Morgan fingerprint density at radius 1 is 1.07 bits per heavy atom. The summed E-state index contributed by atoms with van der Waals surface area (Å²) in [5.74, 6) is -0.402. The van der Waals surface area contributed by atoms with Gasteiger partial charge in [0.15, 0.2) is 5.65 Å². The highest BCUT2D eigenvalue weighted by Gasteiger charge is 2.21. The van der Waals surface area contributed by atoms with Crippen LogP contribution >= 0.6 is 11.3 Å². The number of hydrogen-bond acceptors (Lipinski definition) is 6. The second-order valence-electron chi connectivity index (χ2n) is 6.18. The predicted molar refractivity (Wildman–Crippen MR) is 108 cm³/mol. The fraction of sp³-hybridized carbons (Fsp3) is 0.100. The maximum atomic E-state index is 13.1. The van der Waals surface area contributed by atoms with Crippen LogP contribution in [-0.4, -0.2) is 30.5 Å². The van der Waals surface area contributed by atoms with Gasteiger partial charge >= 0.3 is 5.97 Å². The molecular weight excluding hydrogens is 396 g/mol. The molecule has 8 heteroatoms. The van der Waals surface area contributed by atoms with Crippen molar-refractivity contribution in [3.8, 4) is 10.4 Å². The third-order valence-electron chi connectivity index (χ3n) is 4.39. The lowest BCUT2D eigenvalue weighted by molar-refractivity contribution is 0.0606. The number of aryl methyl sites for hydroxylation is 1. The number of carbonyl (C=O) groups is 1. The molecule has 3 heterocycles. The molecule has 0 spiro atoms. The van der Waals surface area contributed by atoms with E-state index >= 15 is 0 Å². The topological polar surface area (TPSA) is 78.3 Å². The Hall–Kier alpha value is -2.97. The lowest BCUT2D eigenvalue weighted by Crippen LogP contribution is -2.12. The largest absolute Gasteiger partial charge is 0.465 e. The standard InChI is InChI=1S/C20H16N2O4S2/c1-13-3-5-14(6-4-13)28(24,25)22-12-10-16-15(9-11-21-19(16)22)17-7-8-18(27-17)20(23)26-2/h3-12H,1-2H3. The number of nitrogens with zero attached hydrogens (tertiary/aromatic N) is 2. The summed E-state index contributed by atoms with van der Waals surface area (Å²) in [5, 5.41) is 0.691. The number of thiophene rings is 1. The highest BCUT2D eigenvalue weighted by molar-refractivity contribution is 7.90. The Kier molecular flexibility index (Phi) is 4.52. The van der Waals surface area contributed by atoms with E-state index in [9.17, 15) is 13.2 Å². The number of fused-ring (bicyclic) bond motifs is 1. The zero-order valence-corrected chi connectivity index (χ0v) is 16.8. The van der Waals surface area contributed by atoms with E-state index in [2.05, 4.69) is 4.98 Å². The minimum atomic E-state index is -3.77. The van der Waals surface area contributed by atoms with Crippen molar-refractivity contribution in [2.24, 2.45) is 0 Å². The van der Waals surface area contributed by atoms with Crippen LogP contribution in [0.3, 0.4) is 0 Å². The number of aromatic nitrogens is 2. The molecule has 4 rings (SSSR count). The van der Waals surface area contributed by atoms with Crippen molar-refractivity contribution in [1.82, 2.24) is 8.96 Å². The monoisotopic (exact) mass is 412 g/mol. The predicted octanol–water partition coefficient (Wildman–Crippen LogP) is 4.10. The van der Waals surface area contributed by atoms with Crippen molar-refractivity contribution in [1.29, 1.82) is 0 Å². The fourth-order valence-corrected chi connectivity index (χ4v) is 5.21. The van der Waals surface area contributed by atoms with E-state index in [1.807, 2.05) is 13.0 Å². The Labute approximate surface area is 166 Å². The van der Waals surface area contributed by atoms with Crippen LogP contribution < -0.4 is 0 Å². The Bertz CT molecular complexity index is 1290. The summed E-state index contributed by atoms with van der Waals surface area (Å²) in [6.07, 6.45) is 3.07. The van der Waals surface area contributed by atoms with Crippen molar-refractivity contribution in [3.05, 3.63) is 71.4 Å². The van der Waals surface area contributed by atoms with Crippen LogP contribution in [0.2, 0.25) is 0 Å². The van der Waals surface area contributed by atoms with E-state index in [1.54, 1.807) is 48.7 Å². The van der Waals surface area contributed by atoms with Gasteiger partial charge in [0, 0.05) is 28.2 Å². The molecular formula is C20H16N2O4S2. The van der Waals surface area contributed by atoms with Gasteiger partial charge in [-0.25, -0.2) is 22.2 Å². The highest BCUT2D eigenvalue weighted by Crippen LogP contribution is 2.34. The van der Waals surface area contributed by atoms with E-state index in [0.29, 0.717) is 15.9 Å². The van der Waals surface area contributed by atoms with Crippen molar-refractivity contribution in [2.45, 2.75) is 11.8 Å². The van der Waals surface area contributed by atoms with Crippen LogP contribution in [0.25, 0.3) is 21.5 Å². The summed E-state index contributed by atoms with van der Waals surface area (Å²) in [7, 11) is -2.43. The second-order valence-corrected chi connectivity index (χ2v) is 9.08. The number of rotatable bonds is 4.